The minimum Gasteiger partial charge on any atom is -0.456 e. The molecule has 1 heterocycles. The summed E-state index contributed by atoms with van der Waals surface area (Å²) < 4.78 is 5.56. The van der Waals surface area contributed by atoms with E-state index >= 15 is 0 Å². The number of aliphatic hydroxyl groups excluding tert-OH is 1. The Hall–Kier alpha value is -1.58. The molecule has 1 aromatic heterocycles. The lowest BCUT2D eigenvalue weighted by Crippen LogP contribution is -1.87. The SMILES string of the molecule is OCc1ccc(Oc2ccncc2Cl)cc1. The molecule has 2 aromatic rings. The molecule has 0 fully saturated rings. The Bertz CT molecular complexity index is 471. The number of halogens is 1. The molecule has 16 heavy (non-hydrogen) atoms. The Labute approximate surface area is 98.3 Å². The lowest BCUT2D eigenvalue weighted by Gasteiger charge is -2.07. The van der Waals surface area contributed by atoms with E-state index in [1.807, 2.05) is 0 Å². The molecule has 3 nitrogen and oxygen atoms in total. The third-order valence-electron chi connectivity index (χ3n) is 2.07. The van der Waals surface area contributed by atoms with E-state index in [-0.39, 0.29) is 6.61 Å². The highest BCUT2D eigenvalue weighted by molar-refractivity contribution is 6.31. The van der Waals surface area contributed by atoms with Crippen molar-refractivity contribution in [3.8, 4) is 11.5 Å². The van der Waals surface area contributed by atoms with Gasteiger partial charge in [0.05, 0.1) is 6.61 Å². The molecule has 0 aliphatic heterocycles. The molecule has 0 amide bonds. The second-order valence-electron chi connectivity index (χ2n) is 3.21. The van der Waals surface area contributed by atoms with E-state index in [2.05, 4.69) is 4.98 Å². The molecule has 0 radical (unpaired) electrons. The normalized spacial score (nSPS) is 10.1. The third-order valence-corrected chi connectivity index (χ3v) is 2.35. The van der Waals surface area contributed by atoms with Crippen molar-refractivity contribution in [1.29, 1.82) is 0 Å². The minimum atomic E-state index is 0.0241. The van der Waals surface area contributed by atoms with E-state index in [1.165, 1.54) is 6.20 Å². The first-order valence-corrected chi connectivity index (χ1v) is 5.14. The number of hydrogen-bond donors (Lipinski definition) is 1. The summed E-state index contributed by atoms with van der Waals surface area (Å²) in [6.45, 7) is 0.0241. The lowest BCUT2D eigenvalue weighted by atomic mass is 10.2. The van der Waals surface area contributed by atoms with Gasteiger partial charge in [0.25, 0.3) is 0 Å². The molecule has 0 saturated carbocycles. The van der Waals surface area contributed by atoms with E-state index < -0.39 is 0 Å². The van der Waals surface area contributed by atoms with Crippen LogP contribution in [0.15, 0.2) is 42.7 Å². The van der Waals surface area contributed by atoms with Gasteiger partial charge in [0.15, 0.2) is 0 Å². The fraction of sp³-hybridized carbons (Fsp3) is 0.0833. The maximum atomic E-state index is 8.89. The zero-order chi connectivity index (χ0) is 11.4. The first-order valence-electron chi connectivity index (χ1n) is 4.77. The molecule has 2 rings (SSSR count). The van der Waals surface area contributed by atoms with E-state index in [0.29, 0.717) is 16.5 Å². The van der Waals surface area contributed by atoms with Crippen molar-refractivity contribution in [2.45, 2.75) is 6.61 Å². The molecular formula is C12H10ClNO2. The Morgan fingerprint density at radius 1 is 1.19 bits per heavy atom. The molecule has 0 aliphatic rings. The zero-order valence-corrected chi connectivity index (χ0v) is 9.19. The maximum Gasteiger partial charge on any atom is 0.149 e. The fourth-order valence-electron chi connectivity index (χ4n) is 1.24. The Morgan fingerprint density at radius 3 is 2.56 bits per heavy atom. The van der Waals surface area contributed by atoms with Crippen molar-refractivity contribution in [3.63, 3.8) is 0 Å². The molecule has 1 N–H and O–H groups in total. The maximum absolute atomic E-state index is 8.89. The van der Waals surface area contributed by atoms with Crippen molar-refractivity contribution in [2.24, 2.45) is 0 Å². The number of hydrogen-bond acceptors (Lipinski definition) is 3. The predicted octanol–water partition coefficient (Wildman–Crippen LogP) is 3.02. The Kier molecular flexibility index (Phi) is 3.39. The number of rotatable bonds is 3. The van der Waals surface area contributed by atoms with Crippen LogP contribution in [0.25, 0.3) is 0 Å². The van der Waals surface area contributed by atoms with Crippen LogP contribution in [-0.2, 0) is 6.61 Å². The van der Waals surface area contributed by atoms with Gasteiger partial charge in [-0.25, -0.2) is 0 Å². The average molecular weight is 236 g/mol. The summed E-state index contributed by atoms with van der Waals surface area (Å²) in [7, 11) is 0. The highest BCUT2D eigenvalue weighted by atomic mass is 35.5. The molecule has 0 bridgehead atoms. The highest BCUT2D eigenvalue weighted by Crippen LogP contribution is 2.27. The van der Waals surface area contributed by atoms with Gasteiger partial charge in [-0.05, 0) is 17.7 Å². The van der Waals surface area contributed by atoms with Crippen LogP contribution >= 0.6 is 11.6 Å². The van der Waals surface area contributed by atoms with Crippen LogP contribution in [0.3, 0.4) is 0 Å². The van der Waals surface area contributed by atoms with Crippen LogP contribution in [-0.4, -0.2) is 10.1 Å². The topological polar surface area (TPSA) is 42.4 Å². The van der Waals surface area contributed by atoms with E-state index in [9.17, 15) is 0 Å². The number of aliphatic hydroxyl groups is 1. The van der Waals surface area contributed by atoms with Gasteiger partial charge >= 0.3 is 0 Å². The second kappa shape index (κ2) is 4.96. The van der Waals surface area contributed by atoms with Crippen molar-refractivity contribution in [1.82, 2.24) is 4.98 Å². The summed E-state index contributed by atoms with van der Waals surface area (Å²) in [5.74, 6) is 1.23. The minimum absolute atomic E-state index is 0.0241. The van der Waals surface area contributed by atoms with Gasteiger partial charge in [-0.3, -0.25) is 4.98 Å². The smallest absolute Gasteiger partial charge is 0.149 e. The second-order valence-corrected chi connectivity index (χ2v) is 3.62. The predicted molar refractivity (Wildman–Crippen MR) is 61.7 cm³/mol. The molecule has 4 heteroatoms. The fourth-order valence-corrected chi connectivity index (χ4v) is 1.39. The average Bonchev–Trinajstić information content (AvgIpc) is 2.33. The molecule has 0 saturated heterocycles. The number of ether oxygens (including phenoxy) is 1. The highest BCUT2D eigenvalue weighted by Gasteiger charge is 2.02. The van der Waals surface area contributed by atoms with Crippen molar-refractivity contribution < 1.29 is 9.84 Å². The monoisotopic (exact) mass is 235 g/mol. The molecular weight excluding hydrogens is 226 g/mol. The van der Waals surface area contributed by atoms with E-state index in [0.717, 1.165) is 5.56 Å². The van der Waals surface area contributed by atoms with Gasteiger partial charge in [-0.2, -0.15) is 0 Å². The Balaban J connectivity index is 2.18. The molecule has 0 atom stereocenters. The van der Waals surface area contributed by atoms with Crippen molar-refractivity contribution >= 4 is 11.6 Å². The van der Waals surface area contributed by atoms with Crippen molar-refractivity contribution in [2.75, 3.05) is 0 Å². The number of nitrogens with zero attached hydrogens (tertiary/aromatic N) is 1. The van der Waals surface area contributed by atoms with Crippen LogP contribution < -0.4 is 4.74 Å². The third kappa shape index (κ3) is 2.51. The number of benzene rings is 1. The van der Waals surface area contributed by atoms with E-state index in [4.69, 9.17) is 21.4 Å². The first kappa shape index (κ1) is 10.9. The van der Waals surface area contributed by atoms with Crippen molar-refractivity contribution in [3.05, 3.63) is 53.3 Å². The van der Waals surface area contributed by atoms with Gasteiger partial charge < -0.3 is 9.84 Å². The summed E-state index contributed by atoms with van der Waals surface area (Å²) in [5.41, 5.74) is 0.841. The Morgan fingerprint density at radius 2 is 1.94 bits per heavy atom. The molecule has 0 aliphatic carbocycles. The summed E-state index contributed by atoms with van der Waals surface area (Å²) in [6.07, 6.45) is 3.14. The number of aromatic nitrogens is 1. The van der Waals surface area contributed by atoms with E-state index in [1.54, 1.807) is 36.5 Å². The lowest BCUT2D eigenvalue weighted by molar-refractivity contribution is 0.281. The van der Waals surface area contributed by atoms with Crippen LogP contribution in [0.1, 0.15) is 5.56 Å². The standard InChI is InChI=1S/C12H10ClNO2/c13-11-7-14-6-5-12(11)16-10-3-1-9(8-15)2-4-10/h1-7,15H,8H2. The van der Waals surface area contributed by atoms with Gasteiger partial charge in [0.2, 0.25) is 0 Å². The van der Waals surface area contributed by atoms with Gasteiger partial charge in [-0.15, -0.1) is 0 Å². The largest absolute Gasteiger partial charge is 0.456 e. The molecule has 0 unspecified atom stereocenters. The van der Waals surface area contributed by atoms with Gasteiger partial charge in [0.1, 0.15) is 16.5 Å². The quantitative estimate of drug-likeness (QED) is 0.889. The molecule has 1 aromatic carbocycles. The van der Waals surface area contributed by atoms with Crippen LogP contribution in [0.5, 0.6) is 11.5 Å². The van der Waals surface area contributed by atoms with Crippen LogP contribution in [0, 0.1) is 0 Å². The number of pyridine rings is 1. The van der Waals surface area contributed by atoms with Crippen LogP contribution in [0.4, 0.5) is 0 Å². The van der Waals surface area contributed by atoms with Gasteiger partial charge in [0, 0.05) is 18.5 Å². The first-order chi connectivity index (χ1) is 7.79. The molecule has 0 spiro atoms. The molecule has 82 valence electrons. The summed E-state index contributed by atoms with van der Waals surface area (Å²) in [5, 5.41) is 9.36. The van der Waals surface area contributed by atoms with Gasteiger partial charge in [-0.1, -0.05) is 23.7 Å². The van der Waals surface area contributed by atoms with Crippen LogP contribution in [0.2, 0.25) is 5.02 Å². The summed E-state index contributed by atoms with van der Waals surface area (Å²) in [6, 6.07) is 8.85. The zero-order valence-electron chi connectivity index (χ0n) is 8.43. The summed E-state index contributed by atoms with van der Waals surface area (Å²) >= 11 is 5.91. The summed E-state index contributed by atoms with van der Waals surface area (Å²) in [4.78, 5) is 3.87.